The lowest BCUT2D eigenvalue weighted by Gasteiger charge is -2.39. The minimum Gasteiger partial charge on any atom is -0.0617 e. The Morgan fingerprint density at radius 3 is 1.53 bits per heavy atom. The SMILES string of the molecule is Cc1ccccc1[P+](C(C)C)(C(C)C)C(C)C. The molecule has 0 saturated heterocycles. The summed E-state index contributed by atoms with van der Waals surface area (Å²) in [6.45, 7) is 16.8. The van der Waals surface area contributed by atoms with Gasteiger partial charge in [-0.1, -0.05) is 18.2 Å². The quantitative estimate of drug-likeness (QED) is 0.670. The first kappa shape index (κ1) is 14.7. The average Bonchev–Trinajstić information content (AvgIpc) is 2.19. The van der Waals surface area contributed by atoms with Crippen LogP contribution in [-0.4, -0.2) is 17.0 Å². The third-order valence-electron chi connectivity index (χ3n) is 4.10. The van der Waals surface area contributed by atoms with Crippen LogP contribution in [0.25, 0.3) is 0 Å². The standard InChI is InChI=1S/C16H28P/c1-12(2)17(13(3)4,14(5)6)16-11-9-8-10-15(16)7/h8-14H,1-7H3/q+1. The number of rotatable bonds is 4. The van der Waals surface area contributed by atoms with E-state index in [2.05, 4.69) is 72.7 Å². The van der Waals surface area contributed by atoms with Crippen LogP contribution >= 0.6 is 7.26 Å². The molecule has 0 aliphatic carbocycles. The molecule has 0 N–H and O–H groups in total. The van der Waals surface area contributed by atoms with E-state index < -0.39 is 7.26 Å². The summed E-state index contributed by atoms with van der Waals surface area (Å²) in [5, 5.41) is 1.65. The summed E-state index contributed by atoms with van der Waals surface area (Å²) in [6.07, 6.45) is 0. The van der Waals surface area contributed by atoms with Crippen LogP contribution in [0.3, 0.4) is 0 Å². The molecule has 0 aliphatic heterocycles. The Hall–Kier alpha value is -0.350. The fourth-order valence-electron chi connectivity index (χ4n) is 3.62. The molecule has 0 amide bonds. The third-order valence-corrected chi connectivity index (χ3v) is 10.6. The first-order valence-corrected chi connectivity index (χ1v) is 8.79. The lowest BCUT2D eigenvalue weighted by molar-refractivity contribution is 0.926. The highest BCUT2D eigenvalue weighted by Crippen LogP contribution is 2.69. The van der Waals surface area contributed by atoms with Gasteiger partial charge in [-0.05, 0) is 60.1 Å². The van der Waals surface area contributed by atoms with Gasteiger partial charge in [0.2, 0.25) is 0 Å². The molecular weight excluding hydrogens is 223 g/mol. The lowest BCUT2D eigenvalue weighted by Crippen LogP contribution is -2.33. The Morgan fingerprint density at radius 2 is 1.18 bits per heavy atom. The van der Waals surface area contributed by atoms with E-state index in [1.54, 1.807) is 5.30 Å². The molecule has 0 heterocycles. The van der Waals surface area contributed by atoms with E-state index in [-0.39, 0.29) is 0 Å². The molecule has 0 aliphatic rings. The number of hydrogen-bond donors (Lipinski definition) is 0. The molecule has 0 spiro atoms. The molecule has 96 valence electrons. The molecular formula is C16H28P+. The smallest absolute Gasteiger partial charge is 0.0617 e. The van der Waals surface area contributed by atoms with Crippen molar-refractivity contribution >= 4 is 12.6 Å². The fraction of sp³-hybridized carbons (Fsp3) is 0.625. The molecule has 0 unspecified atom stereocenters. The zero-order chi connectivity index (χ0) is 13.2. The van der Waals surface area contributed by atoms with Crippen LogP contribution in [0.2, 0.25) is 0 Å². The fourth-order valence-corrected chi connectivity index (χ4v) is 9.90. The van der Waals surface area contributed by atoms with Crippen molar-refractivity contribution in [1.29, 1.82) is 0 Å². The molecule has 1 heteroatoms. The van der Waals surface area contributed by atoms with E-state index >= 15 is 0 Å². The van der Waals surface area contributed by atoms with E-state index in [9.17, 15) is 0 Å². The second-order valence-electron chi connectivity index (χ2n) is 5.90. The molecule has 0 nitrogen and oxygen atoms in total. The van der Waals surface area contributed by atoms with Crippen molar-refractivity contribution in [3.8, 4) is 0 Å². The van der Waals surface area contributed by atoms with Gasteiger partial charge in [-0.2, -0.15) is 0 Å². The van der Waals surface area contributed by atoms with Crippen molar-refractivity contribution < 1.29 is 0 Å². The summed E-state index contributed by atoms with van der Waals surface area (Å²) in [5.74, 6) is 0. The van der Waals surface area contributed by atoms with Crippen LogP contribution in [0.5, 0.6) is 0 Å². The van der Waals surface area contributed by atoms with Crippen molar-refractivity contribution in [2.75, 3.05) is 0 Å². The largest absolute Gasteiger partial charge is 0.0976 e. The summed E-state index contributed by atoms with van der Waals surface area (Å²) >= 11 is 0. The second-order valence-corrected chi connectivity index (χ2v) is 11.2. The highest BCUT2D eigenvalue weighted by Gasteiger charge is 2.50. The van der Waals surface area contributed by atoms with E-state index in [4.69, 9.17) is 0 Å². The molecule has 0 radical (unpaired) electrons. The summed E-state index contributed by atoms with van der Waals surface area (Å²) in [5.41, 5.74) is 3.78. The van der Waals surface area contributed by atoms with Gasteiger partial charge in [-0.3, -0.25) is 0 Å². The zero-order valence-corrected chi connectivity index (χ0v) is 13.4. The van der Waals surface area contributed by atoms with Gasteiger partial charge >= 0.3 is 0 Å². The third kappa shape index (κ3) is 2.43. The minimum absolute atomic E-state index is 0.767. The first-order chi connectivity index (χ1) is 7.85. The van der Waals surface area contributed by atoms with Gasteiger partial charge in [0.25, 0.3) is 0 Å². The van der Waals surface area contributed by atoms with Gasteiger partial charge in [0.1, 0.15) is 0 Å². The zero-order valence-electron chi connectivity index (χ0n) is 12.5. The van der Waals surface area contributed by atoms with Gasteiger partial charge < -0.3 is 0 Å². The maximum absolute atomic E-state index is 2.42. The Kier molecular flexibility index (Phi) is 4.78. The van der Waals surface area contributed by atoms with Crippen molar-refractivity contribution in [2.24, 2.45) is 0 Å². The van der Waals surface area contributed by atoms with Gasteiger partial charge in [0, 0.05) is 0 Å². The van der Waals surface area contributed by atoms with E-state index in [0.717, 1.165) is 17.0 Å². The highest BCUT2D eigenvalue weighted by molar-refractivity contribution is 7.84. The van der Waals surface area contributed by atoms with Crippen LogP contribution in [0.15, 0.2) is 24.3 Å². The highest BCUT2D eigenvalue weighted by atomic mass is 31.2. The molecule has 0 bridgehead atoms. The monoisotopic (exact) mass is 251 g/mol. The summed E-state index contributed by atoms with van der Waals surface area (Å²) < 4.78 is 0. The average molecular weight is 251 g/mol. The van der Waals surface area contributed by atoms with Crippen molar-refractivity contribution in [3.05, 3.63) is 29.8 Å². The van der Waals surface area contributed by atoms with E-state index in [0.29, 0.717) is 0 Å². The van der Waals surface area contributed by atoms with Crippen LogP contribution in [0, 0.1) is 6.92 Å². The number of aryl methyl sites for hydroxylation is 1. The molecule has 0 saturated carbocycles. The predicted octanol–water partition coefficient (Wildman–Crippen LogP) is 4.86. The van der Waals surface area contributed by atoms with Gasteiger partial charge in [-0.15, -0.1) is 0 Å². The molecule has 0 fully saturated rings. The Balaban J connectivity index is 3.48. The van der Waals surface area contributed by atoms with E-state index in [1.807, 2.05) is 0 Å². The molecule has 1 aromatic rings. The van der Waals surface area contributed by atoms with Gasteiger partial charge in [0.05, 0.1) is 29.5 Å². The molecule has 0 aromatic heterocycles. The first-order valence-electron chi connectivity index (χ1n) is 6.79. The Morgan fingerprint density at radius 1 is 0.765 bits per heavy atom. The summed E-state index contributed by atoms with van der Waals surface area (Å²) in [7, 11) is -1.10. The molecule has 1 rings (SSSR count). The number of hydrogen-bond acceptors (Lipinski definition) is 0. The van der Waals surface area contributed by atoms with Crippen molar-refractivity contribution in [1.82, 2.24) is 0 Å². The predicted molar refractivity (Wildman–Crippen MR) is 83.1 cm³/mol. The Bertz CT molecular complexity index is 342. The number of benzene rings is 1. The minimum atomic E-state index is -1.10. The Labute approximate surface area is 108 Å². The van der Waals surface area contributed by atoms with E-state index in [1.165, 1.54) is 5.56 Å². The van der Waals surface area contributed by atoms with Crippen LogP contribution in [-0.2, 0) is 0 Å². The lowest BCUT2D eigenvalue weighted by atomic mass is 10.2. The normalized spacial score (nSPS) is 12.8. The topological polar surface area (TPSA) is 0 Å². The maximum Gasteiger partial charge on any atom is 0.0976 e. The van der Waals surface area contributed by atoms with Gasteiger partial charge in [0.15, 0.2) is 0 Å². The van der Waals surface area contributed by atoms with Crippen LogP contribution < -0.4 is 5.30 Å². The van der Waals surface area contributed by atoms with Crippen LogP contribution in [0.4, 0.5) is 0 Å². The van der Waals surface area contributed by atoms with Crippen molar-refractivity contribution in [2.45, 2.75) is 65.4 Å². The van der Waals surface area contributed by atoms with Gasteiger partial charge in [-0.25, -0.2) is 0 Å². The summed E-state index contributed by atoms with van der Waals surface area (Å²) in [4.78, 5) is 0. The van der Waals surface area contributed by atoms with Crippen LogP contribution in [0.1, 0.15) is 47.1 Å². The molecule has 17 heavy (non-hydrogen) atoms. The second kappa shape index (κ2) is 5.53. The van der Waals surface area contributed by atoms with Crippen molar-refractivity contribution in [3.63, 3.8) is 0 Å². The summed E-state index contributed by atoms with van der Waals surface area (Å²) in [6, 6.07) is 9.03. The molecule has 0 atom stereocenters. The maximum atomic E-state index is 2.42. The molecule has 1 aromatic carbocycles.